The highest BCUT2D eigenvalue weighted by Crippen LogP contribution is 2.38. The molecule has 0 bridgehead atoms. The molecule has 0 saturated heterocycles. The molecule has 0 atom stereocenters. The molecule has 0 aliphatic heterocycles. The van der Waals surface area contributed by atoms with Crippen LogP contribution in [0.5, 0.6) is 5.75 Å². The lowest BCUT2D eigenvalue weighted by atomic mass is 10.2. The maximum absolute atomic E-state index is 13.5. The molecule has 6 heteroatoms. The Morgan fingerprint density at radius 2 is 2.32 bits per heavy atom. The molecule has 1 heterocycles. The van der Waals surface area contributed by atoms with E-state index in [2.05, 4.69) is 15.2 Å². The fourth-order valence-electron chi connectivity index (χ4n) is 1.81. The summed E-state index contributed by atoms with van der Waals surface area (Å²) < 4.78 is 18.4. The van der Waals surface area contributed by atoms with E-state index in [0.29, 0.717) is 11.7 Å². The minimum absolute atomic E-state index is 0.266. The number of nitrogens with zero attached hydrogens (tertiary/aromatic N) is 2. The van der Waals surface area contributed by atoms with Crippen molar-refractivity contribution in [3.8, 4) is 5.75 Å². The third-order valence-corrected chi connectivity index (χ3v) is 3.95. The topological polar surface area (TPSA) is 50.8 Å². The summed E-state index contributed by atoms with van der Waals surface area (Å²) in [6.45, 7) is 0. The molecule has 1 aliphatic carbocycles. The second-order valence-electron chi connectivity index (χ2n) is 4.54. The normalized spacial score (nSPS) is 14.6. The van der Waals surface area contributed by atoms with Crippen LogP contribution in [0.2, 0.25) is 0 Å². The van der Waals surface area contributed by atoms with Gasteiger partial charge in [0.1, 0.15) is 5.82 Å². The molecule has 4 nitrogen and oxygen atoms in total. The van der Waals surface area contributed by atoms with Gasteiger partial charge in [0.2, 0.25) is 5.16 Å². The molecule has 1 N–H and O–H groups in total. The molecule has 2 aromatic rings. The molecule has 1 aromatic carbocycles. The number of ether oxygens (including phenoxy) is 1. The average Bonchev–Trinajstić information content (AvgIpc) is 3.16. The Hall–Kier alpha value is -1.56. The number of benzene rings is 1. The molecule has 1 fully saturated rings. The Morgan fingerprint density at radius 3 is 3.00 bits per heavy atom. The molecule has 0 unspecified atom stereocenters. The van der Waals surface area contributed by atoms with Crippen LogP contribution >= 0.6 is 11.8 Å². The van der Waals surface area contributed by atoms with Crippen molar-refractivity contribution in [2.45, 2.75) is 29.7 Å². The minimum Gasteiger partial charge on any atom is -0.494 e. The van der Waals surface area contributed by atoms with Crippen molar-refractivity contribution in [1.82, 2.24) is 15.2 Å². The number of thioether (sulfide) groups is 1. The van der Waals surface area contributed by atoms with Gasteiger partial charge in [0.05, 0.1) is 7.11 Å². The largest absolute Gasteiger partial charge is 0.494 e. The molecular weight excluding hydrogens is 265 g/mol. The van der Waals surface area contributed by atoms with Crippen molar-refractivity contribution < 1.29 is 9.13 Å². The van der Waals surface area contributed by atoms with Gasteiger partial charge in [0.15, 0.2) is 11.6 Å². The second-order valence-corrected chi connectivity index (χ2v) is 5.48. The molecular formula is C13H14FN3OS. The van der Waals surface area contributed by atoms with Gasteiger partial charge in [-0.2, -0.15) is 0 Å². The number of aromatic amines is 1. The SMILES string of the molecule is COc1ccc(CSc2n[nH]c(C3CC3)n2)cc1F. The Labute approximate surface area is 114 Å². The zero-order valence-corrected chi connectivity index (χ0v) is 11.3. The van der Waals surface area contributed by atoms with Gasteiger partial charge in [-0.25, -0.2) is 9.37 Å². The van der Waals surface area contributed by atoms with Crippen LogP contribution in [0.4, 0.5) is 4.39 Å². The third-order valence-electron chi connectivity index (χ3n) is 3.03. The van der Waals surface area contributed by atoms with Crippen molar-refractivity contribution in [1.29, 1.82) is 0 Å². The maximum atomic E-state index is 13.5. The predicted octanol–water partition coefficient (Wildman–Crippen LogP) is 3.12. The van der Waals surface area contributed by atoms with E-state index in [1.54, 1.807) is 6.07 Å². The molecule has 100 valence electrons. The molecule has 1 aromatic heterocycles. The summed E-state index contributed by atoms with van der Waals surface area (Å²) in [7, 11) is 1.46. The highest BCUT2D eigenvalue weighted by molar-refractivity contribution is 7.98. The first-order chi connectivity index (χ1) is 9.26. The van der Waals surface area contributed by atoms with Gasteiger partial charge in [-0.05, 0) is 30.5 Å². The lowest BCUT2D eigenvalue weighted by molar-refractivity contribution is 0.386. The number of halogens is 1. The van der Waals surface area contributed by atoms with E-state index >= 15 is 0 Å². The van der Waals surface area contributed by atoms with Gasteiger partial charge < -0.3 is 4.74 Å². The lowest BCUT2D eigenvalue weighted by Gasteiger charge is -2.03. The Balaban J connectivity index is 1.62. The van der Waals surface area contributed by atoms with Gasteiger partial charge in [-0.15, -0.1) is 5.10 Å². The summed E-state index contributed by atoms with van der Waals surface area (Å²) >= 11 is 1.50. The Morgan fingerprint density at radius 1 is 1.47 bits per heavy atom. The molecule has 1 saturated carbocycles. The van der Waals surface area contributed by atoms with Crippen LogP contribution in [0, 0.1) is 5.82 Å². The smallest absolute Gasteiger partial charge is 0.208 e. The first-order valence-electron chi connectivity index (χ1n) is 6.14. The number of hydrogen-bond donors (Lipinski definition) is 1. The van der Waals surface area contributed by atoms with Gasteiger partial charge in [0, 0.05) is 11.7 Å². The number of H-pyrrole nitrogens is 1. The number of hydrogen-bond acceptors (Lipinski definition) is 4. The van der Waals surface area contributed by atoms with Crippen molar-refractivity contribution in [2.24, 2.45) is 0 Å². The minimum atomic E-state index is -0.339. The van der Waals surface area contributed by atoms with E-state index in [1.165, 1.54) is 37.8 Å². The van der Waals surface area contributed by atoms with E-state index in [1.807, 2.05) is 6.07 Å². The van der Waals surface area contributed by atoms with Crippen molar-refractivity contribution >= 4 is 11.8 Å². The van der Waals surface area contributed by atoms with E-state index in [4.69, 9.17) is 4.74 Å². The zero-order valence-electron chi connectivity index (χ0n) is 10.5. The van der Waals surface area contributed by atoms with Crippen LogP contribution in [0.15, 0.2) is 23.4 Å². The van der Waals surface area contributed by atoms with Gasteiger partial charge in [0.25, 0.3) is 0 Å². The summed E-state index contributed by atoms with van der Waals surface area (Å²) in [5, 5.41) is 7.84. The van der Waals surface area contributed by atoms with E-state index in [9.17, 15) is 4.39 Å². The van der Waals surface area contributed by atoms with E-state index in [0.717, 1.165) is 16.5 Å². The third kappa shape index (κ3) is 2.89. The van der Waals surface area contributed by atoms with Crippen LogP contribution in [-0.2, 0) is 5.75 Å². The van der Waals surface area contributed by atoms with Crippen LogP contribution in [0.1, 0.15) is 30.1 Å². The van der Waals surface area contributed by atoms with Crippen LogP contribution in [0.3, 0.4) is 0 Å². The number of nitrogens with one attached hydrogen (secondary N) is 1. The van der Waals surface area contributed by atoms with E-state index < -0.39 is 0 Å². The van der Waals surface area contributed by atoms with Crippen molar-refractivity contribution in [3.05, 3.63) is 35.4 Å². The van der Waals surface area contributed by atoms with Gasteiger partial charge in [-0.3, -0.25) is 5.10 Å². The predicted molar refractivity (Wildman–Crippen MR) is 70.9 cm³/mol. The standard InChI is InChI=1S/C13H14FN3OS/c1-18-11-5-2-8(6-10(11)14)7-19-13-15-12(16-17-13)9-3-4-9/h2,5-6,9H,3-4,7H2,1H3,(H,15,16,17). The maximum Gasteiger partial charge on any atom is 0.208 e. The second kappa shape index (κ2) is 5.21. The monoisotopic (exact) mass is 279 g/mol. The highest BCUT2D eigenvalue weighted by Gasteiger charge is 2.27. The molecule has 3 rings (SSSR count). The highest BCUT2D eigenvalue weighted by atomic mass is 32.2. The number of methoxy groups -OCH3 is 1. The van der Waals surface area contributed by atoms with Gasteiger partial charge in [-0.1, -0.05) is 17.8 Å². The fourth-order valence-corrected chi connectivity index (χ4v) is 2.56. The zero-order chi connectivity index (χ0) is 13.2. The summed E-state index contributed by atoms with van der Waals surface area (Å²) in [5.74, 6) is 2.11. The van der Waals surface area contributed by atoms with Crippen molar-refractivity contribution in [3.63, 3.8) is 0 Å². The molecule has 1 aliphatic rings. The lowest BCUT2D eigenvalue weighted by Crippen LogP contribution is -1.90. The molecule has 0 radical (unpaired) electrons. The molecule has 19 heavy (non-hydrogen) atoms. The van der Waals surface area contributed by atoms with Crippen LogP contribution < -0.4 is 4.74 Å². The van der Waals surface area contributed by atoms with Crippen molar-refractivity contribution in [2.75, 3.05) is 7.11 Å². The first kappa shape index (κ1) is 12.5. The van der Waals surface area contributed by atoms with E-state index in [-0.39, 0.29) is 11.6 Å². The number of rotatable bonds is 5. The molecule has 0 amide bonds. The average molecular weight is 279 g/mol. The first-order valence-corrected chi connectivity index (χ1v) is 7.12. The molecule has 0 spiro atoms. The summed E-state index contributed by atoms with van der Waals surface area (Å²) in [5.41, 5.74) is 0.890. The summed E-state index contributed by atoms with van der Waals surface area (Å²) in [6, 6.07) is 4.97. The quantitative estimate of drug-likeness (QED) is 0.854. The van der Waals surface area contributed by atoms with Crippen LogP contribution in [-0.4, -0.2) is 22.3 Å². The van der Waals surface area contributed by atoms with Gasteiger partial charge >= 0.3 is 0 Å². The van der Waals surface area contributed by atoms with Crippen LogP contribution in [0.25, 0.3) is 0 Å². The number of aromatic nitrogens is 3. The fraction of sp³-hybridized carbons (Fsp3) is 0.385. The summed E-state index contributed by atoms with van der Waals surface area (Å²) in [4.78, 5) is 4.42. The summed E-state index contributed by atoms with van der Waals surface area (Å²) in [6.07, 6.45) is 2.39. The Bertz CT molecular complexity index is 583. The Kier molecular flexibility index (Phi) is 3.42.